The number of hydrogen-bond acceptors (Lipinski definition) is 5. The van der Waals surface area contributed by atoms with Gasteiger partial charge in [-0.2, -0.15) is 0 Å². The molecule has 0 saturated carbocycles. The number of unbranched alkanes of at least 4 members (excludes halogenated alkanes) is 1. The number of ether oxygens (including phenoxy) is 1. The van der Waals surface area contributed by atoms with Crippen LogP contribution >= 0.6 is 0 Å². The Morgan fingerprint density at radius 1 is 1.19 bits per heavy atom. The fourth-order valence-corrected chi connectivity index (χ4v) is 2.52. The van der Waals surface area contributed by atoms with Crippen LogP contribution in [-0.2, 0) is 4.79 Å². The highest BCUT2D eigenvalue weighted by Gasteiger charge is 2.07. The molecule has 0 radical (unpaired) electrons. The zero-order valence-corrected chi connectivity index (χ0v) is 15.2. The average Bonchev–Trinajstić information content (AvgIpc) is 2.68. The first kappa shape index (κ1) is 20.5. The van der Waals surface area contributed by atoms with Gasteiger partial charge < -0.3 is 26.0 Å². The Bertz CT molecular complexity index is 744. The van der Waals surface area contributed by atoms with Crippen LogP contribution in [0.3, 0.4) is 0 Å². The highest BCUT2D eigenvalue weighted by atomic mass is 16.5. The molecule has 2 aromatic carbocycles. The van der Waals surface area contributed by atoms with Gasteiger partial charge in [-0.15, -0.1) is 0 Å². The molecule has 0 fully saturated rings. The maximum atomic E-state index is 11.9. The van der Waals surface area contributed by atoms with Crippen molar-refractivity contribution in [1.82, 2.24) is 0 Å². The number of aliphatic hydroxyl groups is 2. The summed E-state index contributed by atoms with van der Waals surface area (Å²) in [6.07, 6.45) is 4.73. The second-order valence-corrected chi connectivity index (χ2v) is 6.07. The van der Waals surface area contributed by atoms with Gasteiger partial charge in [0.05, 0.1) is 24.1 Å². The number of anilines is 2. The summed E-state index contributed by atoms with van der Waals surface area (Å²) >= 11 is 0. The summed E-state index contributed by atoms with van der Waals surface area (Å²) in [5.41, 5.74) is 7.71. The minimum Gasteiger partial charge on any atom is -0.491 e. The largest absolute Gasteiger partial charge is 0.491 e. The molecular weight excluding hydrogens is 344 g/mol. The number of nitrogen functional groups attached to an aromatic ring is 1. The molecule has 0 aliphatic carbocycles. The quantitative estimate of drug-likeness (QED) is 0.292. The summed E-state index contributed by atoms with van der Waals surface area (Å²) in [5, 5.41) is 21.7. The van der Waals surface area contributed by atoms with Crippen LogP contribution in [0.5, 0.6) is 5.75 Å². The SMILES string of the molecule is Nc1ccccc1NC(=O)/C=C/CCC[C@H](O)c1ccc(OCCO)cc1. The molecule has 2 aromatic rings. The monoisotopic (exact) mass is 370 g/mol. The molecule has 1 amide bonds. The summed E-state index contributed by atoms with van der Waals surface area (Å²) in [6.45, 7) is 0.216. The van der Waals surface area contributed by atoms with Crippen molar-refractivity contribution in [1.29, 1.82) is 0 Å². The van der Waals surface area contributed by atoms with Crippen LogP contribution in [0.4, 0.5) is 11.4 Å². The second-order valence-electron chi connectivity index (χ2n) is 6.07. The zero-order chi connectivity index (χ0) is 19.5. The third kappa shape index (κ3) is 7.13. The van der Waals surface area contributed by atoms with Crippen molar-refractivity contribution in [3.63, 3.8) is 0 Å². The van der Waals surface area contributed by atoms with E-state index in [4.69, 9.17) is 15.6 Å². The van der Waals surface area contributed by atoms with Crippen LogP contribution in [-0.4, -0.2) is 29.3 Å². The fraction of sp³-hybridized carbons (Fsp3) is 0.286. The van der Waals surface area contributed by atoms with Crippen molar-refractivity contribution in [2.45, 2.75) is 25.4 Å². The predicted molar refractivity (Wildman–Crippen MR) is 106 cm³/mol. The van der Waals surface area contributed by atoms with Gasteiger partial charge in [-0.1, -0.05) is 30.3 Å². The van der Waals surface area contributed by atoms with Crippen LogP contribution < -0.4 is 15.8 Å². The lowest BCUT2D eigenvalue weighted by Crippen LogP contribution is -2.09. The molecule has 1 atom stereocenters. The zero-order valence-electron chi connectivity index (χ0n) is 15.2. The normalized spacial score (nSPS) is 12.1. The van der Waals surface area contributed by atoms with Crippen LogP contribution in [0.2, 0.25) is 0 Å². The number of carbonyl (C=O) groups is 1. The third-order valence-electron chi connectivity index (χ3n) is 3.96. The van der Waals surface area contributed by atoms with Gasteiger partial charge in [0.2, 0.25) is 5.91 Å². The van der Waals surface area contributed by atoms with Crippen LogP contribution in [0, 0.1) is 0 Å². The van der Waals surface area contributed by atoms with Crippen molar-refractivity contribution < 1.29 is 19.7 Å². The Kier molecular flexibility index (Phi) is 8.35. The topological polar surface area (TPSA) is 105 Å². The van der Waals surface area contributed by atoms with Gasteiger partial charge in [-0.3, -0.25) is 4.79 Å². The number of nitrogens with two attached hydrogens (primary N) is 1. The number of nitrogens with one attached hydrogen (secondary N) is 1. The smallest absolute Gasteiger partial charge is 0.248 e. The van der Waals surface area contributed by atoms with Crippen molar-refractivity contribution in [2.75, 3.05) is 24.3 Å². The van der Waals surface area contributed by atoms with Crippen molar-refractivity contribution in [3.8, 4) is 5.75 Å². The van der Waals surface area contributed by atoms with E-state index < -0.39 is 6.10 Å². The predicted octanol–water partition coefficient (Wildman–Crippen LogP) is 3.04. The van der Waals surface area contributed by atoms with Crippen molar-refractivity contribution in [2.24, 2.45) is 0 Å². The number of benzene rings is 2. The first-order chi connectivity index (χ1) is 13.1. The standard InChI is InChI=1S/C21H26N2O4/c22-18-6-4-5-7-19(18)23-21(26)9-3-1-2-8-20(25)16-10-12-17(13-11-16)27-15-14-24/h3-7,9-13,20,24-25H,1-2,8,14-15,22H2,(H,23,26)/b9-3+/t20-/m0/s1. The first-order valence-electron chi connectivity index (χ1n) is 8.94. The molecule has 2 rings (SSSR count). The molecule has 0 heterocycles. The second kappa shape index (κ2) is 11.0. The fourth-order valence-electron chi connectivity index (χ4n) is 2.52. The number of aliphatic hydroxyl groups excluding tert-OH is 2. The van der Waals surface area contributed by atoms with Crippen LogP contribution in [0.1, 0.15) is 30.9 Å². The molecule has 0 aliphatic rings. The lowest BCUT2D eigenvalue weighted by atomic mass is 10.0. The van der Waals surface area contributed by atoms with Gasteiger partial charge in [0.15, 0.2) is 0 Å². The molecule has 27 heavy (non-hydrogen) atoms. The number of para-hydroxylation sites is 2. The number of allylic oxidation sites excluding steroid dienone is 1. The van der Waals surface area contributed by atoms with E-state index in [0.717, 1.165) is 12.0 Å². The molecule has 0 unspecified atom stereocenters. The molecular formula is C21H26N2O4. The summed E-state index contributed by atoms with van der Waals surface area (Å²) in [6, 6.07) is 14.3. The Hall–Kier alpha value is -2.83. The average molecular weight is 370 g/mol. The van der Waals surface area contributed by atoms with E-state index in [-0.39, 0.29) is 19.1 Å². The summed E-state index contributed by atoms with van der Waals surface area (Å²) in [4.78, 5) is 11.9. The molecule has 144 valence electrons. The molecule has 0 aromatic heterocycles. The van der Waals surface area contributed by atoms with E-state index in [2.05, 4.69) is 5.32 Å². The highest BCUT2D eigenvalue weighted by Crippen LogP contribution is 2.22. The minimum absolute atomic E-state index is 0.0331. The summed E-state index contributed by atoms with van der Waals surface area (Å²) in [7, 11) is 0. The van der Waals surface area contributed by atoms with E-state index in [1.807, 2.05) is 24.3 Å². The molecule has 0 bridgehead atoms. The maximum Gasteiger partial charge on any atom is 0.248 e. The Morgan fingerprint density at radius 3 is 2.63 bits per heavy atom. The Morgan fingerprint density at radius 2 is 1.93 bits per heavy atom. The van der Waals surface area contributed by atoms with Crippen molar-refractivity contribution in [3.05, 3.63) is 66.2 Å². The molecule has 0 aliphatic heterocycles. The lowest BCUT2D eigenvalue weighted by molar-refractivity contribution is -0.111. The number of amides is 1. The third-order valence-corrected chi connectivity index (χ3v) is 3.96. The van der Waals surface area contributed by atoms with Gasteiger partial charge in [-0.25, -0.2) is 0 Å². The Labute approximate surface area is 159 Å². The molecule has 6 nitrogen and oxygen atoms in total. The Balaban J connectivity index is 1.70. The van der Waals surface area contributed by atoms with Crippen LogP contribution in [0.25, 0.3) is 0 Å². The van der Waals surface area contributed by atoms with E-state index in [9.17, 15) is 9.90 Å². The maximum absolute atomic E-state index is 11.9. The first-order valence-corrected chi connectivity index (χ1v) is 8.94. The van der Waals surface area contributed by atoms with E-state index >= 15 is 0 Å². The highest BCUT2D eigenvalue weighted by molar-refractivity contribution is 6.01. The van der Waals surface area contributed by atoms with Crippen molar-refractivity contribution >= 4 is 17.3 Å². The summed E-state index contributed by atoms with van der Waals surface area (Å²) < 4.78 is 5.29. The van der Waals surface area contributed by atoms with E-state index in [1.54, 1.807) is 30.3 Å². The molecule has 0 spiro atoms. The minimum atomic E-state index is -0.566. The van der Waals surface area contributed by atoms with Gasteiger partial charge in [0, 0.05) is 0 Å². The molecule has 6 heteroatoms. The molecule has 0 saturated heterocycles. The number of carbonyl (C=O) groups excluding carboxylic acids is 1. The van der Waals surface area contributed by atoms with Gasteiger partial charge in [0.25, 0.3) is 0 Å². The van der Waals surface area contributed by atoms with Gasteiger partial charge in [-0.05, 0) is 55.2 Å². The molecule has 5 N–H and O–H groups in total. The van der Waals surface area contributed by atoms with E-state index in [1.165, 1.54) is 6.08 Å². The number of rotatable bonds is 10. The number of hydrogen-bond donors (Lipinski definition) is 4. The lowest BCUT2D eigenvalue weighted by Gasteiger charge is -2.11. The summed E-state index contributed by atoms with van der Waals surface area (Å²) in [5.74, 6) is 0.430. The van der Waals surface area contributed by atoms with Crippen LogP contribution in [0.15, 0.2) is 60.7 Å². The van der Waals surface area contributed by atoms with Gasteiger partial charge >= 0.3 is 0 Å². The van der Waals surface area contributed by atoms with Gasteiger partial charge in [0.1, 0.15) is 12.4 Å². The van der Waals surface area contributed by atoms with E-state index in [0.29, 0.717) is 30.0 Å².